The Balaban J connectivity index is 4.28. The highest BCUT2D eigenvalue weighted by molar-refractivity contribution is 7.54. The fourth-order valence-corrected chi connectivity index (χ4v) is 2.67. The predicted octanol–water partition coefficient (Wildman–Crippen LogP) is 3.38. The van der Waals surface area contributed by atoms with Crippen LogP contribution in [0.1, 0.15) is 46.5 Å². The number of hydrogen-bond donors (Lipinski definition) is 0. The van der Waals surface area contributed by atoms with Crippen LogP contribution >= 0.6 is 7.60 Å². The van der Waals surface area contributed by atoms with Crippen LogP contribution in [0.2, 0.25) is 0 Å². The van der Waals surface area contributed by atoms with Gasteiger partial charge < -0.3 is 13.8 Å². The molecule has 0 aliphatic rings. The molecule has 18 heavy (non-hydrogen) atoms. The van der Waals surface area contributed by atoms with Crippen molar-refractivity contribution < 1.29 is 23.1 Å². The molecule has 0 heterocycles. The van der Waals surface area contributed by atoms with Crippen molar-refractivity contribution in [3.05, 3.63) is 0 Å². The first-order valence-corrected chi connectivity index (χ1v) is 8.34. The van der Waals surface area contributed by atoms with Crippen LogP contribution in [0.4, 0.5) is 0 Å². The Labute approximate surface area is 110 Å². The minimum atomic E-state index is -3.34. The van der Waals surface area contributed by atoms with Crippen LogP contribution in [0, 0.1) is 0 Å². The summed E-state index contributed by atoms with van der Waals surface area (Å²) in [6, 6.07) is 0. The Morgan fingerprint density at radius 1 is 1.00 bits per heavy atom. The van der Waals surface area contributed by atoms with E-state index >= 15 is 0 Å². The van der Waals surface area contributed by atoms with Gasteiger partial charge in [-0.05, 0) is 19.8 Å². The van der Waals surface area contributed by atoms with E-state index in [-0.39, 0.29) is 12.8 Å². The van der Waals surface area contributed by atoms with Gasteiger partial charge in [-0.3, -0.25) is 9.36 Å². The van der Waals surface area contributed by atoms with Crippen molar-refractivity contribution >= 4 is 13.6 Å². The van der Waals surface area contributed by atoms with Crippen LogP contribution in [0.25, 0.3) is 0 Å². The Hall–Kier alpha value is -0.380. The molecule has 0 rings (SSSR count). The molecule has 0 amide bonds. The zero-order valence-electron chi connectivity index (χ0n) is 11.6. The molecule has 0 radical (unpaired) electrons. The first kappa shape index (κ1) is 17.6. The van der Waals surface area contributed by atoms with E-state index in [2.05, 4.69) is 0 Å². The van der Waals surface area contributed by atoms with Crippen LogP contribution in [-0.4, -0.2) is 32.0 Å². The molecule has 0 aromatic rings. The van der Waals surface area contributed by atoms with Crippen molar-refractivity contribution in [3.8, 4) is 0 Å². The fourth-order valence-electron chi connectivity index (χ4n) is 1.19. The minimum absolute atomic E-state index is 0.267. The lowest BCUT2D eigenvalue weighted by atomic mass is 10.4. The molecular weight excluding hydrogens is 255 g/mol. The van der Waals surface area contributed by atoms with Crippen LogP contribution in [0.3, 0.4) is 0 Å². The zero-order valence-corrected chi connectivity index (χ0v) is 12.5. The lowest BCUT2D eigenvalue weighted by Gasteiger charge is -2.17. The van der Waals surface area contributed by atoms with E-state index in [1.807, 2.05) is 13.8 Å². The van der Waals surface area contributed by atoms with Gasteiger partial charge in [-0.25, -0.2) is 0 Å². The Kier molecular flexibility index (Phi) is 10.3. The van der Waals surface area contributed by atoms with Gasteiger partial charge in [0.15, 0.2) is 0 Å². The van der Waals surface area contributed by atoms with Crippen LogP contribution in [0.5, 0.6) is 0 Å². The third kappa shape index (κ3) is 8.67. The highest BCUT2D eigenvalue weighted by atomic mass is 31.2. The molecule has 0 fully saturated rings. The molecule has 6 heteroatoms. The van der Waals surface area contributed by atoms with Gasteiger partial charge in [-0.1, -0.05) is 26.7 Å². The van der Waals surface area contributed by atoms with E-state index in [4.69, 9.17) is 13.8 Å². The summed E-state index contributed by atoms with van der Waals surface area (Å²) < 4.78 is 27.6. The number of unbranched alkanes of at least 4 members (excludes halogenated alkanes) is 2. The van der Waals surface area contributed by atoms with Crippen LogP contribution in [0.15, 0.2) is 0 Å². The van der Waals surface area contributed by atoms with E-state index in [1.165, 1.54) is 0 Å². The molecule has 0 aliphatic carbocycles. The van der Waals surface area contributed by atoms with Crippen molar-refractivity contribution in [2.75, 3.05) is 26.0 Å². The first-order valence-electron chi connectivity index (χ1n) is 6.61. The molecule has 0 bridgehead atoms. The second kappa shape index (κ2) is 10.5. The summed E-state index contributed by atoms with van der Waals surface area (Å²) in [5.74, 6) is -0.533. The number of esters is 1. The summed E-state index contributed by atoms with van der Waals surface area (Å²) in [4.78, 5) is 11.4. The van der Waals surface area contributed by atoms with E-state index in [0.29, 0.717) is 13.2 Å². The molecule has 0 atom stereocenters. The van der Waals surface area contributed by atoms with Gasteiger partial charge >= 0.3 is 13.6 Å². The van der Waals surface area contributed by atoms with Gasteiger partial charge in [0.05, 0.1) is 19.8 Å². The third-order valence-corrected chi connectivity index (χ3v) is 4.00. The summed E-state index contributed by atoms with van der Waals surface area (Å²) in [6.07, 6.45) is 3.17. The number of ether oxygens (including phenoxy) is 1. The maximum absolute atomic E-state index is 12.3. The number of carbonyl (C=O) groups excluding carboxylic acids is 1. The number of rotatable bonds is 11. The van der Waals surface area contributed by atoms with Crippen molar-refractivity contribution in [1.29, 1.82) is 0 Å². The second-order valence-electron chi connectivity index (χ2n) is 3.95. The molecule has 0 spiro atoms. The molecular formula is C12H25O5P. The average molecular weight is 280 g/mol. The third-order valence-electron chi connectivity index (χ3n) is 2.20. The summed E-state index contributed by atoms with van der Waals surface area (Å²) in [5, 5.41) is 0. The van der Waals surface area contributed by atoms with Gasteiger partial charge in [0.25, 0.3) is 0 Å². The molecule has 0 aromatic carbocycles. The summed E-state index contributed by atoms with van der Waals surface area (Å²) >= 11 is 0. The van der Waals surface area contributed by atoms with Gasteiger partial charge in [0, 0.05) is 0 Å². The summed E-state index contributed by atoms with van der Waals surface area (Å²) in [5.41, 5.74) is 0. The maximum Gasteiger partial charge on any atom is 0.341 e. The molecule has 0 aromatic heterocycles. The van der Waals surface area contributed by atoms with Gasteiger partial charge in [-0.2, -0.15) is 0 Å². The quantitative estimate of drug-likeness (QED) is 0.330. The molecule has 0 saturated heterocycles. The topological polar surface area (TPSA) is 61.8 Å². The second-order valence-corrected chi connectivity index (χ2v) is 6.00. The van der Waals surface area contributed by atoms with E-state index < -0.39 is 13.6 Å². The van der Waals surface area contributed by atoms with Gasteiger partial charge in [0.2, 0.25) is 0 Å². The number of carbonyl (C=O) groups is 1. The molecule has 5 nitrogen and oxygen atoms in total. The first-order chi connectivity index (χ1) is 8.58. The molecule has 108 valence electrons. The zero-order chi connectivity index (χ0) is 13.9. The van der Waals surface area contributed by atoms with Gasteiger partial charge in [-0.15, -0.1) is 0 Å². The van der Waals surface area contributed by atoms with E-state index in [1.54, 1.807) is 6.92 Å². The molecule has 0 saturated carbocycles. The smallest absolute Gasteiger partial charge is 0.341 e. The lowest BCUT2D eigenvalue weighted by Crippen LogP contribution is -2.13. The lowest BCUT2D eigenvalue weighted by molar-refractivity contribution is -0.140. The predicted molar refractivity (Wildman–Crippen MR) is 70.8 cm³/mol. The van der Waals surface area contributed by atoms with Crippen molar-refractivity contribution in [1.82, 2.24) is 0 Å². The van der Waals surface area contributed by atoms with Crippen molar-refractivity contribution in [2.24, 2.45) is 0 Å². The van der Waals surface area contributed by atoms with Crippen molar-refractivity contribution in [2.45, 2.75) is 46.5 Å². The Bertz CT molecular complexity index is 253. The highest BCUT2D eigenvalue weighted by Gasteiger charge is 2.29. The van der Waals surface area contributed by atoms with Crippen molar-refractivity contribution in [3.63, 3.8) is 0 Å². The number of hydrogen-bond acceptors (Lipinski definition) is 5. The SMILES string of the molecule is CCCCOP(=O)(CC(=O)OCC)OCCCC. The Morgan fingerprint density at radius 2 is 1.50 bits per heavy atom. The molecule has 0 unspecified atom stereocenters. The Morgan fingerprint density at radius 3 is 1.89 bits per heavy atom. The fraction of sp³-hybridized carbons (Fsp3) is 0.917. The molecule has 0 aliphatic heterocycles. The maximum atomic E-state index is 12.3. The summed E-state index contributed by atoms with van der Waals surface area (Å²) in [6.45, 7) is 6.69. The van der Waals surface area contributed by atoms with Crippen LogP contribution < -0.4 is 0 Å². The van der Waals surface area contributed by atoms with Gasteiger partial charge in [0.1, 0.15) is 6.16 Å². The average Bonchev–Trinajstić information content (AvgIpc) is 2.30. The standard InChI is InChI=1S/C12H25O5P/c1-4-7-9-16-18(14,17-10-8-5-2)11-12(13)15-6-3/h4-11H2,1-3H3. The molecule has 0 N–H and O–H groups in total. The summed E-state index contributed by atoms with van der Waals surface area (Å²) in [7, 11) is -3.34. The van der Waals surface area contributed by atoms with E-state index in [9.17, 15) is 9.36 Å². The van der Waals surface area contributed by atoms with Crippen LogP contribution in [-0.2, 0) is 23.1 Å². The largest absolute Gasteiger partial charge is 0.466 e. The monoisotopic (exact) mass is 280 g/mol. The minimum Gasteiger partial charge on any atom is -0.466 e. The highest BCUT2D eigenvalue weighted by Crippen LogP contribution is 2.48. The van der Waals surface area contributed by atoms with E-state index in [0.717, 1.165) is 25.7 Å². The normalized spacial score (nSPS) is 11.5.